The molecule has 1 aliphatic rings. The van der Waals surface area contributed by atoms with Crippen molar-refractivity contribution in [2.45, 2.75) is 6.92 Å². The van der Waals surface area contributed by atoms with Crippen molar-refractivity contribution >= 4 is 29.2 Å². The van der Waals surface area contributed by atoms with E-state index in [1.165, 1.54) is 14.2 Å². The zero-order chi connectivity index (χ0) is 19.4. The Morgan fingerprint density at radius 3 is 2.59 bits per heavy atom. The molecule has 0 saturated carbocycles. The summed E-state index contributed by atoms with van der Waals surface area (Å²) in [6.07, 6.45) is 1.84. The van der Waals surface area contributed by atoms with Gasteiger partial charge in [0.15, 0.2) is 18.1 Å². The molecule has 0 bridgehead atoms. The highest BCUT2D eigenvalue weighted by atomic mass is 16.6. The molecule has 2 aromatic rings. The van der Waals surface area contributed by atoms with Crippen LogP contribution in [0.15, 0.2) is 42.5 Å². The second-order valence-corrected chi connectivity index (χ2v) is 5.90. The monoisotopic (exact) mass is 367 g/mol. The number of fused-ring (bicyclic) bond motifs is 1. The molecule has 1 aliphatic heterocycles. The minimum atomic E-state index is -0.476. The number of hydrogen-bond acceptors (Lipinski definition) is 5. The summed E-state index contributed by atoms with van der Waals surface area (Å²) in [6.45, 7) is 2.36. The molecule has 0 saturated heterocycles. The van der Waals surface area contributed by atoms with Crippen LogP contribution in [-0.4, -0.2) is 39.2 Å². The minimum absolute atomic E-state index is 0.0244. The molecule has 0 N–H and O–H groups in total. The number of carbonyl (C=O) groups excluding carboxylic acids is 2. The van der Waals surface area contributed by atoms with Crippen LogP contribution in [0.5, 0.6) is 11.5 Å². The molecule has 2 aromatic carbocycles. The Kier molecular flexibility index (Phi) is 5.45. The summed E-state index contributed by atoms with van der Waals surface area (Å²) >= 11 is 0. The van der Waals surface area contributed by atoms with Gasteiger partial charge in [0.05, 0.1) is 19.9 Å². The van der Waals surface area contributed by atoms with Crippen molar-refractivity contribution in [1.29, 1.82) is 0 Å². The van der Waals surface area contributed by atoms with Crippen LogP contribution in [0, 0.1) is 0 Å². The highest BCUT2D eigenvalue weighted by Crippen LogP contribution is 2.38. The van der Waals surface area contributed by atoms with Gasteiger partial charge in [-0.3, -0.25) is 4.79 Å². The van der Waals surface area contributed by atoms with Crippen LogP contribution in [0.25, 0.3) is 11.6 Å². The Hall–Kier alpha value is -3.28. The fourth-order valence-electron chi connectivity index (χ4n) is 3.02. The summed E-state index contributed by atoms with van der Waals surface area (Å²) < 4.78 is 15.3. The van der Waals surface area contributed by atoms with Crippen LogP contribution < -0.4 is 14.4 Å². The molecular weight excluding hydrogens is 346 g/mol. The SMILES string of the molecule is CCN1C(=O)/C(=C\c2ccc(OCC(=O)OC)c(OC)c2)c2ccccc21. The standard InChI is InChI=1S/C21H21NO5/c1-4-22-17-8-6-5-7-15(17)16(21(22)24)11-14-9-10-18(19(12-14)25-2)27-13-20(23)26-3/h5-12H,4,13H2,1-3H3/b16-11-. The number of anilines is 1. The quantitative estimate of drug-likeness (QED) is 0.580. The molecular formula is C21H21NO5. The Bertz CT molecular complexity index is 903. The Morgan fingerprint density at radius 1 is 1.11 bits per heavy atom. The number of para-hydroxylation sites is 1. The summed E-state index contributed by atoms with van der Waals surface area (Å²) in [4.78, 5) is 25.8. The number of hydrogen-bond donors (Lipinski definition) is 0. The average Bonchev–Trinajstić information content (AvgIpc) is 2.97. The number of carbonyl (C=O) groups is 2. The van der Waals surface area contributed by atoms with Gasteiger partial charge in [-0.15, -0.1) is 0 Å². The molecule has 0 unspecified atom stereocenters. The molecule has 0 radical (unpaired) electrons. The lowest BCUT2D eigenvalue weighted by Crippen LogP contribution is -2.25. The first-order valence-electron chi connectivity index (χ1n) is 8.59. The number of esters is 1. The van der Waals surface area contributed by atoms with E-state index in [-0.39, 0.29) is 12.5 Å². The lowest BCUT2D eigenvalue weighted by atomic mass is 10.0. The summed E-state index contributed by atoms with van der Waals surface area (Å²) in [5.74, 6) is 0.400. The lowest BCUT2D eigenvalue weighted by Gasteiger charge is -2.13. The van der Waals surface area contributed by atoms with Crippen molar-refractivity contribution in [3.05, 3.63) is 53.6 Å². The fraction of sp³-hybridized carbons (Fsp3) is 0.238. The molecule has 6 nitrogen and oxygen atoms in total. The number of amides is 1. The van der Waals surface area contributed by atoms with E-state index >= 15 is 0 Å². The van der Waals surface area contributed by atoms with Crippen molar-refractivity contribution in [2.75, 3.05) is 32.3 Å². The molecule has 1 heterocycles. The van der Waals surface area contributed by atoms with Crippen molar-refractivity contribution in [3.8, 4) is 11.5 Å². The second kappa shape index (κ2) is 7.95. The third kappa shape index (κ3) is 3.65. The Morgan fingerprint density at radius 2 is 1.89 bits per heavy atom. The zero-order valence-electron chi connectivity index (χ0n) is 15.5. The van der Waals surface area contributed by atoms with Gasteiger partial charge in [0.25, 0.3) is 5.91 Å². The largest absolute Gasteiger partial charge is 0.493 e. The van der Waals surface area contributed by atoms with Crippen molar-refractivity contribution in [1.82, 2.24) is 0 Å². The van der Waals surface area contributed by atoms with Crippen LogP contribution in [0.2, 0.25) is 0 Å². The molecule has 3 rings (SSSR count). The van der Waals surface area contributed by atoms with Gasteiger partial charge in [-0.25, -0.2) is 4.79 Å². The van der Waals surface area contributed by atoms with Gasteiger partial charge >= 0.3 is 5.97 Å². The molecule has 0 spiro atoms. The van der Waals surface area contributed by atoms with Gasteiger partial charge in [0, 0.05) is 17.7 Å². The van der Waals surface area contributed by atoms with Crippen molar-refractivity contribution in [3.63, 3.8) is 0 Å². The van der Waals surface area contributed by atoms with Gasteiger partial charge in [-0.1, -0.05) is 24.3 Å². The maximum atomic E-state index is 12.8. The van der Waals surface area contributed by atoms with Crippen molar-refractivity contribution < 1.29 is 23.8 Å². The first kappa shape index (κ1) is 18.5. The smallest absolute Gasteiger partial charge is 0.343 e. The number of methoxy groups -OCH3 is 2. The van der Waals surface area contributed by atoms with Gasteiger partial charge in [0.2, 0.25) is 0 Å². The second-order valence-electron chi connectivity index (χ2n) is 5.90. The van der Waals surface area contributed by atoms with E-state index in [1.54, 1.807) is 17.0 Å². The number of benzene rings is 2. The fourth-order valence-corrected chi connectivity index (χ4v) is 3.02. The molecule has 0 fully saturated rings. The van der Waals surface area contributed by atoms with Gasteiger partial charge in [-0.05, 0) is 36.8 Å². The van der Waals surface area contributed by atoms with Crippen LogP contribution in [0.4, 0.5) is 5.69 Å². The first-order valence-corrected chi connectivity index (χ1v) is 8.59. The molecule has 1 amide bonds. The predicted octanol–water partition coefficient (Wildman–Crippen LogP) is 3.15. The lowest BCUT2D eigenvalue weighted by molar-refractivity contribution is -0.142. The van der Waals surface area contributed by atoms with Gasteiger partial charge in [-0.2, -0.15) is 0 Å². The van der Waals surface area contributed by atoms with Crippen LogP contribution in [0.3, 0.4) is 0 Å². The highest BCUT2D eigenvalue weighted by Gasteiger charge is 2.30. The van der Waals surface area contributed by atoms with E-state index < -0.39 is 5.97 Å². The maximum Gasteiger partial charge on any atom is 0.343 e. The molecule has 27 heavy (non-hydrogen) atoms. The van der Waals surface area contributed by atoms with Crippen LogP contribution in [-0.2, 0) is 14.3 Å². The summed E-state index contributed by atoms with van der Waals surface area (Å²) in [5, 5.41) is 0. The highest BCUT2D eigenvalue weighted by molar-refractivity contribution is 6.35. The van der Waals surface area contributed by atoms with E-state index in [0.717, 1.165) is 16.8 Å². The molecule has 0 aliphatic carbocycles. The zero-order valence-corrected chi connectivity index (χ0v) is 15.5. The molecule has 0 aromatic heterocycles. The molecule has 140 valence electrons. The third-order valence-corrected chi connectivity index (χ3v) is 4.35. The van der Waals surface area contributed by atoms with E-state index in [1.807, 2.05) is 43.3 Å². The van der Waals surface area contributed by atoms with Gasteiger partial charge < -0.3 is 19.1 Å². The Balaban J connectivity index is 1.93. The van der Waals surface area contributed by atoms with E-state index in [4.69, 9.17) is 9.47 Å². The third-order valence-electron chi connectivity index (χ3n) is 4.35. The number of ether oxygens (including phenoxy) is 3. The molecule has 0 atom stereocenters. The van der Waals surface area contributed by atoms with Crippen molar-refractivity contribution in [2.24, 2.45) is 0 Å². The number of likely N-dealkylation sites (N-methyl/N-ethyl adjacent to an activating group) is 1. The van der Waals surface area contributed by atoms with E-state index in [2.05, 4.69) is 4.74 Å². The maximum absolute atomic E-state index is 12.8. The number of nitrogens with zero attached hydrogens (tertiary/aromatic N) is 1. The summed E-state index contributed by atoms with van der Waals surface area (Å²) in [7, 11) is 2.82. The minimum Gasteiger partial charge on any atom is -0.493 e. The Labute approximate surface area is 158 Å². The summed E-state index contributed by atoms with van der Waals surface area (Å²) in [5.41, 5.74) is 3.27. The van der Waals surface area contributed by atoms with Gasteiger partial charge in [0.1, 0.15) is 0 Å². The first-order chi connectivity index (χ1) is 13.1. The molecule has 6 heteroatoms. The number of rotatable bonds is 6. The predicted molar refractivity (Wildman–Crippen MR) is 103 cm³/mol. The van der Waals surface area contributed by atoms with Crippen LogP contribution >= 0.6 is 0 Å². The average molecular weight is 367 g/mol. The van der Waals surface area contributed by atoms with E-state index in [0.29, 0.717) is 23.6 Å². The van der Waals surface area contributed by atoms with E-state index in [9.17, 15) is 9.59 Å². The topological polar surface area (TPSA) is 65.1 Å². The summed E-state index contributed by atoms with van der Waals surface area (Å²) in [6, 6.07) is 13.0. The normalized spacial score (nSPS) is 14.3. The van der Waals surface area contributed by atoms with Crippen LogP contribution in [0.1, 0.15) is 18.1 Å².